The molecule has 0 aromatic carbocycles. The van der Waals surface area contributed by atoms with Crippen molar-refractivity contribution in [1.82, 2.24) is 10.3 Å². The third-order valence-electron chi connectivity index (χ3n) is 3.10. The van der Waals surface area contributed by atoms with E-state index in [1.807, 2.05) is 0 Å². The minimum absolute atomic E-state index is 0.0307. The first-order valence-electron chi connectivity index (χ1n) is 7.09. The molecular weight excluding hydrogens is 288 g/mol. The Bertz CT molecular complexity index is 561. The molecule has 1 saturated carbocycles. The second-order valence-electron chi connectivity index (χ2n) is 6.22. The monoisotopic (exact) mass is 308 g/mol. The number of ether oxygens (including phenoxy) is 2. The molecule has 22 heavy (non-hydrogen) atoms. The molecule has 0 aliphatic heterocycles. The number of carboxylic acids is 1. The lowest BCUT2D eigenvalue weighted by Crippen LogP contribution is -2.50. The molecule has 1 aromatic heterocycles. The van der Waals surface area contributed by atoms with Gasteiger partial charge in [-0.15, -0.1) is 0 Å². The van der Waals surface area contributed by atoms with Gasteiger partial charge in [-0.3, -0.25) is 0 Å². The Morgan fingerprint density at radius 2 is 2.05 bits per heavy atom. The van der Waals surface area contributed by atoms with Gasteiger partial charge in [-0.05, 0) is 32.9 Å². The van der Waals surface area contributed by atoms with Gasteiger partial charge in [0.05, 0.1) is 0 Å². The minimum Gasteiger partial charge on any atom is -0.477 e. The summed E-state index contributed by atoms with van der Waals surface area (Å²) in [6, 6.07) is 2.96. The maximum Gasteiger partial charge on any atom is 0.407 e. The smallest absolute Gasteiger partial charge is 0.407 e. The number of amides is 1. The number of pyridine rings is 1. The van der Waals surface area contributed by atoms with Crippen LogP contribution in [0.15, 0.2) is 18.3 Å². The van der Waals surface area contributed by atoms with Crippen molar-refractivity contribution in [3.8, 4) is 5.88 Å². The standard InChI is InChI=1S/C15H20N2O5/c1-15(2,3)22-14(20)17-9-7-10(8-9)21-12-11(13(18)19)5-4-6-16-12/h4-6,9-10H,7-8H2,1-3H3,(H,17,20)(H,18,19). The van der Waals surface area contributed by atoms with Crippen LogP contribution in [0.2, 0.25) is 0 Å². The van der Waals surface area contributed by atoms with Crippen molar-refractivity contribution in [2.24, 2.45) is 0 Å². The van der Waals surface area contributed by atoms with Crippen LogP contribution in [0, 0.1) is 0 Å². The van der Waals surface area contributed by atoms with Crippen LogP contribution in [0.3, 0.4) is 0 Å². The van der Waals surface area contributed by atoms with Gasteiger partial charge >= 0.3 is 12.1 Å². The molecule has 0 spiro atoms. The van der Waals surface area contributed by atoms with E-state index in [0.717, 1.165) is 0 Å². The SMILES string of the molecule is CC(C)(C)OC(=O)NC1CC(Oc2ncccc2C(=O)O)C1. The Hall–Kier alpha value is -2.31. The summed E-state index contributed by atoms with van der Waals surface area (Å²) in [5.74, 6) is -0.971. The van der Waals surface area contributed by atoms with Gasteiger partial charge in [-0.2, -0.15) is 0 Å². The summed E-state index contributed by atoms with van der Waals surface area (Å²) in [6.07, 6.45) is 2.05. The minimum atomic E-state index is -1.08. The molecule has 2 N–H and O–H groups in total. The Morgan fingerprint density at radius 3 is 2.64 bits per heavy atom. The zero-order valence-corrected chi connectivity index (χ0v) is 12.8. The van der Waals surface area contributed by atoms with Crippen molar-refractivity contribution < 1.29 is 24.2 Å². The highest BCUT2D eigenvalue weighted by molar-refractivity contribution is 5.90. The summed E-state index contributed by atoms with van der Waals surface area (Å²) in [6.45, 7) is 5.40. The number of rotatable bonds is 4. The van der Waals surface area contributed by atoms with E-state index in [1.165, 1.54) is 12.3 Å². The van der Waals surface area contributed by atoms with Crippen LogP contribution in [0.4, 0.5) is 4.79 Å². The molecule has 7 nitrogen and oxygen atoms in total. The molecular formula is C15H20N2O5. The van der Waals surface area contributed by atoms with Crippen molar-refractivity contribution in [3.05, 3.63) is 23.9 Å². The van der Waals surface area contributed by atoms with Crippen molar-refractivity contribution in [2.45, 2.75) is 51.4 Å². The van der Waals surface area contributed by atoms with Crippen molar-refractivity contribution >= 4 is 12.1 Å². The van der Waals surface area contributed by atoms with E-state index >= 15 is 0 Å². The Morgan fingerprint density at radius 1 is 1.36 bits per heavy atom. The van der Waals surface area contributed by atoms with Gasteiger partial charge in [0.1, 0.15) is 17.3 Å². The number of hydrogen-bond donors (Lipinski definition) is 2. The van der Waals surface area contributed by atoms with Gasteiger partial charge in [-0.1, -0.05) is 0 Å². The summed E-state index contributed by atoms with van der Waals surface area (Å²) in [5.41, 5.74) is -0.500. The maximum absolute atomic E-state index is 11.6. The molecule has 0 saturated heterocycles. The predicted octanol–water partition coefficient (Wildman–Crippen LogP) is 2.21. The molecule has 1 heterocycles. The predicted molar refractivity (Wildman–Crippen MR) is 78.0 cm³/mol. The fourth-order valence-electron chi connectivity index (χ4n) is 2.06. The highest BCUT2D eigenvalue weighted by Gasteiger charge is 2.34. The van der Waals surface area contributed by atoms with Crippen LogP contribution in [-0.2, 0) is 4.74 Å². The largest absolute Gasteiger partial charge is 0.477 e. The first-order chi connectivity index (χ1) is 10.2. The van der Waals surface area contributed by atoms with Crippen LogP contribution < -0.4 is 10.1 Å². The number of alkyl carbamates (subject to hydrolysis) is 1. The highest BCUT2D eigenvalue weighted by Crippen LogP contribution is 2.27. The lowest BCUT2D eigenvalue weighted by molar-refractivity contribution is 0.0351. The summed E-state index contributed by atoms with van der Waals surface area (Å²) in [5, 5.41) is 11.8. The van der Waals surface area contributed by atoms with E-state index in [-0.39, 0.29) is 23.6 Å². The lowest BCUT2D eigenvalue weighted by atomic mass is 9.89. The summed E-state index contributed by atoms with van der Waals surface area (Å²) < 4.78 is 10.7. The van der Waals surface area contributed by atoms with Crippen LogP contribution in [0.25, 0.3) is 0 Å². The topological polar surface area (TPSA) is 97.8 Å². The van der Waals surface area contributed by atoms with Gasteiger partial charge in [0, 0.05) is 25.1 Å². The normalized spacial score (nSPS) is 20.7. The molecule has 0 atom stereocenters. The molecule has 1 aliphatic rings. The molecule has 2 rings (SSSR count). The van der Waals surface area contributed by atoms with Gasteiger partial charge in [0.2, 0.25) is 5.88 Å². The molecule has 0 bridgehead atoms. The Balaban J connectivity index is 1.81. The van der Waals surface area contributed by atoms with Crippen LogP contribution in [-0.4, -0.2) is 39.9 Å². The lowest BCUT2D eigenvalue weighted by Gasteiger charge is -2.35. The Labute approximate surface area is 128 Å². The number of hydrogen-bond acceptors (Lipinski definition) is 5. The van der Waals surface area contributed by atoms with Gasteiger partial charge in [0.25, 0.3) is 0 Å². The average molecular weight is 308 g/mol. The molecule has 1 amide bonds. The number of nitrogens with one attached hydrogen (secondary N) is 1. The quantitative estimate of drug-likeness (QED) is 0.885. The number of aromatic nitrogens is 1. The van der Waals surface area contributed by atoms with Crippen LogP contribution in [0.5, 0.6) is 5.88 Å². The fourth-order valence-corrected chi connectivity index (χ4v) is 2.06. The first kappa shape index (κ1) is 16.1. The summed E-state index contributed by atoms with van der Waals surface area (Å²) >= 11 is 0. The van der Waals surface area contributed by atoms with Crippen LogP contribution >= 0.6 is 0 Å². The van der Waals surface area contributed by atoms with E-state index in [1.54, 1.807) is 26.8 Å². The summed E-state index contributed by atoms with van der Waals surface area (Å²) in [4.78, 5) is 26.6. The van der Waals surface area contributed by atoms with Crippen molar-refractivity contribution in [1.29, 1.82) is 0 Å². The number of carbonyl (C=O) groups is 2. The van der Waals surface area contributed by atoms with E-state index in [9.17, 15) is 9.59 Å². The van der Waals surface area contributed by atoms with E-state index < -0.39 is 17.7 Å². The van der Waals surface area contributed by atoms with Gasteiger partial charge in [-0.25, -0.2) is 14.6 Å². The summed E-state index contributed by atoms with van der Waals surface area (Å²) in [7, 11) is 0. The molecule has 0 radical (unpaired) electrons. The molecule has 1 aliphatic carbocycles. The molecule has 120 valence electrons. The molecule has 1 aromatic rings. The molecule has 0 unspecified atom stereocenters. The Kier molecular flexibility index (Phi) is 4.54. The van der Waals surface area contributed by atoms with Gasteiger partial charge in [0.15, 0.2) is 0 Å². The van der Waals surface area contributed by atoms with E-state index in [4.69, 9.17) is 14.6 Å². The van der Waals surface area contributed by atoms with Crippen molar-refractivity contribution in [2.75, 3.05) is 0 Å². The highest BCUT2D eigenvalue weighted by atomic mass is 16.6. The molecule has 7 heteroatoms. The third-order valence-corrected chi connectivity index (χ3v) is 3.10. The maximum atomic E-state index is 11.6. The van der Waals surface area contributed by atoms with Crippen molar-refractivity contribution in [3.63, 3.8) is 0 Å². The number of carboxylic acid groups (broad SMARTS) is 1. The number of carbonyl (C=O) groups excluding carboxylic acids is 1. The average Bonchev–Trinajstić information content (AvgIpc) is 2.34. The molecule has 1 fully saturated rings. The van der Waals surface area contributed by atoms with Crippen LogP contribution in [0.1, 0.15) is 44.0 Å². The van der Waals surface area contributed by atoms with E-state index in [2.05, 4.69) is 10.3 Å². The third kappa shape index (κ3) is 4.34. The fraction of sp³-hybridized carbons (Fsp3) is 0.533. The zero-order chi connectivity index (χ0) is 16.3. The van der Waals surface area contributed by atoms with Gasteiger partial charge < -0.3 is 19.9 Å². The first-order valence-corrected chi connectivity index (χ1v) is 7.09. The number of aromatic carboxylic acids is 1. The number of nitrogens with zero attached hydrogens (tertiary/aromatic N) is 1. The second kappa shape index (κ2) is 6.21. The second-order valence-corrected chi connectivity index (χ2v) is 6.22. The van der Waals surface area contributed by atoms with E-state index in [0.29, 0.717) is 12.8 Å². The zero-order valence-electron chi connectivity index (χ0n) is 12.8.